The second-order valence-corrected chi connectivity index (χ2v) is 3.91. The van der Waals surface area contributed by atoms with Gasteiger partial charge in [-0.1, -0.05) is 0 Å². The monoisotopic (exact) mass is 233 g/mol. The number of aryl methyl sites for hydroxylation is 1. The minimum Gasteiger partial charge on any atom is -0.458 e. The van der Waals surface area contributed by atoms with Crippen LogP contribution in [0.15, 0.2) is 28.7 Å². The van der Waals surface area contributed by atoms with Crippen molar-refractivity contribution in [1.82, 2.24) is 0 Å². The van der Waals surface area contributed by atoms with Crippen molar-refractivity contribution < 1.29 is 13.6 Å². The molecule has 0 unspecified atom stereocenters. The SMILES string of the molecule is Cc1ccc(C(=O)c2cc(N)c(C)c(F)c2)o1. The number of halogens is 1. The molecular weight excluding hydrogens is 221 g/mol. The molecule has 0 aliphatic rings. The summed E-state index contributed by atoms with van der Waals surface area (Å²) in [5.74, 6) is -0.0422. The summed E-state index contributed by atoms with van der Waals surface area (Å²) >= 11 is 0. The zero-order valence-corrected chi connectivity index (χ0v) is 9.58. The second-order valence-electron chi connectivity index (χ2n) is 3.91. The van der Waals surface area contributed by atoms with Gasteiger partial charge in [0, 0.05) is 16.8 Å². The molecule has 1 aromatic heterocycles. The topological polar surface area (TPSA) is 56.2 Å². The van der Waals surface area contributed by atoms with Crippen LogP contribution in [0.5, 0.6) is 0 Å². The van der Waals surface area contributed by atoms with Crippen molar-refractivity contribution in [3.05, 3.63) is 52.7 Å². The first-order valence-electron chi connectivity index (χ1n) is 5.16. The van der Waals surface area contributed by atoms with Crippen molar-refractivity contribution in [3.63, 3.8) is 0 Å². The van der Waals surface area contributed by atoms with Crippen LogP contribution < -0.4 is 5.73 Å². The maximum atomic E-state index is 13.5. The van der Waals surface area contributed by atoms with E-state index in [-0.39, 0.29) is 22.8 Å². The van der Waals surface area contributed by atoms with Crippen molar-refractivity contribution in [3.8, 4) is 0 Å². The van der Waals surface area contributed by atoms with Crippen molar-refractivity contribution in [2.24, 2.45) is 0 Å². The Morgan fingerprint density at radius 1 is 1.29 bits per heavy atom. The zero-order valence-electron chi connectivity index (χ0n) is 9.58. The molecule has 1 aromatic carbocycles. The van der Waals surface area contributed by atoms with E-state index in [2.05, 4.69) is 0 Å². The lowest BCUT2D eigenvalue weighted by atomic mass is 10.0. The van der Waals surface area contributed by atoms with Gasteiger partial charge in [-0.3, -0.25) is 4.79 Å². The van der Waals surface area contributed by atoms with Crippen LogP contribution in [0.3, 0.4) is 0 Å². The van der Waals surface area contributed by atoms with Gasteiger partial charge in [0.1, 0.15) is 11.6 Å². The lowest BCUT2D eigenvalue weighted by Crippen LogP contribution is -2.03. The maximum absolute atomic E-state index is 13.5. The highest BCUT2D eigenvalue weighted by atomic mass is 19.1. The second kappa shape index (κ2) is 4.05. The van der Waals surface area contributed by atoms with Gasteiger partial charge < -0.3 is 10.2 Å². The quantitative estimate of drug-likeness (QED) is 0.641. The number of hydrogen-bond donors (Lipinski definition) is 1. The van der Waals surface area contributed by atoms with Crippen LogP contribution in [0.1, 0.15) is 27.4 Å². The van der Waals surface area contributed by atoms with Crippen LogP contribution in [0.2, 0.25) is 0 Å². The molecule has 0 aliphatic carbocycles. The van der Waals surface area contributed by atoms with E-state index >= 15 is 0 Å². The molecule has 2 aromatic rings. The minimum absolute atomic E-state index is 0.185. The van der Waals surface area contributed by atoms with Gasteiger partial charge in [-0.25, -0.2) is 4.39 Å². The molecule has 4 heteroatoms. The summed E-state index contributed by atoms with van der Waals surface area (Å²) in [5.41, 5.74) is 6.42. The first-order valence-corrected chi connectivity index (χ1v) is 5.16. The highest BCUT2D eigenvalue weighted by Gasteiger charge is 2.15. The molecule has 17 heavy (non-hydrogen) atoms. The maximum Gasteiger partial charge on any atom is 0.228 e. The predicted molar refractivity (Wildman–Crippen MR) is 62.4 cm³/mol. The number of rotatable bonds is 2. The molecule has 3 nitrogen and oxygen atoms in total. The molecule has 0 bridgehead atoms. The van der Waals surface area contributed by atoms with E-state index in [9.17, 15) is 9.18 Å². The number of anilines is 1. The number of nitrogens with two attached hydrogens (primary N) is 1. The van der Waals surface area contributed by atoms with Gasteiger partial charge in [-0.2, -0.15) is 0 Å². The fraction of sp³-hybridized carbons (Fsp3) is 0.154. The third-order valence-corrected chi connectivity index (χ3v) is 2.61. The Hall–Kier alpha value is -2.10. The Balaban J connectivity index is 2.44. The lowest BCUT2D eigenvalue weighted by Gasteiger charge is -2.04. The van der Waals surface area contributed by atoms with Gasteiger partial charge in [-0.15, -0.1) is 0 Å². The van der Waals surface area contributed by atoms with E-state index in [1.54, 1.807) is 26.0 Å². The minimum atomic E-state index is -0.489. The van der Waals surface area contributed by atoms with Crippen molar-refractivity contribution in [2.45, 2.75) is 13.8 Å². The van der Waals surface area contributed by atoms with Gasteiger partial charge in [0.25, 0.3) is 0 Å². The molecule has 2 N–H and O–H groups in total. The van der Waals surface area contributed by atoms with E-state index < -0.39 is 5.82 Å². The van der Waals surface area contributed by atoms with E-state index in [0.29, 0.717) is 11.3 Å². The Bertz CT molecular complexity index is 564. The van der Waals surface area contributed by atoms with Crippen LogP contribution in [-0.4, -0.2) is 5.78 Å². The lowest BCUT2D eigenvalue weighted by molar-refractivity contribution is 0.101. The molecule has 0 saturated carbocycles. The highest BCUT2D eigenvalue weighted by Crippen LogP contribution is 2.20. The molecule has 0 atom stereocenters. The molecule has 88 valence electrons. The smallest absolute Gasteiger partial charge is 0.228 e. The van der Waals surface area contributed by atoms with Crippen molar-refractivity contribution in [2.75, 3.05) is 5.73 Å². The summed E-state index contributed by atoms with van der Waals surface area (Å²) in [7, 11) is 0. The molecule has 1 heterocycles. The highest BCUT2D eigenvalue weighted by molar-refractivity contribution is 6.07. The van der Waals surface area contributed by atoms with Gasteiger partial charge in [-0.05, 0) is 38.1 Å². The number of carbonyl (C=O) groups excluding carboxylic acids is 1. The number of carbonyl (C=O) groups is 1. The first-order chi connectivity index (χ1) is 7.99. The summed E-state index contributed by atoms with van der Waals surface area (Å²) in [4.78, 5) is 12.0. The van der Waals surface area contributed by atoms with Crippen LogP contribution in [0.4, 0.5) is 10.1 Å². The molecule has 2 rings (SSSR count). The molecule has 0 radical (unpaired) electrons. The average Bonchev–Trinajstić information content (AvgIpc) is 2.71. The van der Waals surface area contributed by atoms with Gasteiger partial charge in [0.15, 0.2) is 5.76 Å². The first kappa shape index (κ1) is 11.4. The molecule has 0 spiro atoms. The molecule has 0 amide bonds. The van der Waals surface area contributed by atoms with Crippen LogP contribution in [-0.2, 0) is 0 Å². The molecule has 0 fully saturated rings. The Morgan fingerprint density at radius 3 is 2.53 bits per heavy atom. The summed E-state index contributed by atoms with van der Waals surface area (Å²) < 4.78 is 18.7. The van der Waals surface area contributed by atoms with E-state index in [1.807, 2.05) is 0 Å². The Morgan fingerprint density at radius 2 is 2.00 bits per heavy atom. The molecular formula is C13H12FNO2. The molecule has 0 aliphatic heterocycles. The normalized spacial score (nSPS) is 10.5. The van der Waals surface area contributed by atoms with Gasteiger partial charge in [0.2, 0.25) is 5.78 Å². The van der Waals surface area contributed by atoms with Crippen molar-refractivity contribution >= 4 is 11.5 Å². The van der Waals surface area contributed by atoms with Crippen LogP contribution in [0, 0.1) is 19.7 Å². The van der Waals surface area contributed by atoms with E-state index in [1.165, 1.54) is 12.1 Å². The van der Waals surface area contributed by atoms with Crippen LogP contribution >= 0.6 is 0 Å². The Labute approximate surface area is 98.0 Å². The standard InChI is InChI=1S/C13H12FNO2/c1-7-3-4-12(17-7)13(16)9-5-10(14)8(2)11(15)6-9/h3-6H,15H2,1-2H3. The van der Waals surface area contributed by atoms with E-state index in [0.717, 1.165) is 0 Å². The summed E-state index contributed by atoms with van der Waals surface area (Å²) in [5, 5.41) is 0. The van der Waals surface area contributed by atoms with E-state index in [4.69, 9.17) is 10.2 Å². The fourth-order valence-corrected chi connectivity index (χ4v) is 1.53. The van der Waals surface area contributed by atoms with Crippen molar-refractivity contribution in [1.29, 1.82) is 0 Å². The van der Waals surface area contributed by atoms with Crippen LogP contribution in [0.25, 0.3) is 0 Å². The van der Waals surface area contributed by atoms with Gasteiger partial charge in [0.05, 0.1) is 0 Å². The predicted octanol–water partition coefficient (Wildman–Crippen LogP) is 2.85. The molecule has 0 saturated heterocycles. The largest absolute Gasteiger partial charge is 0.458 e. The number of benzene rings is 1. The fourth-order valence-electron chi connectivity index (χ4n) is 1.53. The Kier molecular flexibility index (Phi) is 2.71. The number of nitrogen functional groups attached to an aromatic ring is 1. The summed E-state index contributed by atoms with van der Waals surface area (Å²) in [6.45, 7) is 3.30. The third-order valence-electron chi connectivity index (χ3n) is 2.61. The summed E-state index contributed by atoms with van der Waals surface area (Å²) in [6, 6.07) is 5.87. The number of hydrogen-bond acceptors (Lipinski definition) is 3. The zero-order chi connectivity index (χ0) is 12.6. The number of ketones is 1. The number of furan rings is 1. The van der Waals surface area contributed by atoms with Gasteiger partial charge >= 0.3 is 0 Å². The average molecular weight is 233 g/mol. The third kappa shape index (κ3) is 2.06. The summed E-state index contributed by atoms with van der Waals surface area (Å²) in [6.07, 6.45) is 0.